The van der Waals surface area contributed by atoms with Crippen molar-refractivity contribution in [1.82, 2.24) is 9.80 Å². The fourth-order valence-electron chi connectivity index (χ4n) is 5.35. The molecule has 1 aromatic carbocycles. The molecule has 3 aliphatic heterocycles. The zero-order chi connectivity index (χ0) is 18.3. The summed E-state index contributed by atoms with van der Waals surface area (Å²) in [5.41, 5.74) is 3.44. The molecule has 1 aromatic heterocycles. The number of nitrogens with zero attached hydrogens (tertiary/aromatic N) is 2. The van der Waals surface area contributed by atoms with Gasteiger partial charge in [-0.3, -0.25) is 9.80 Å². The van der Waals surface area contributed by atoms with Crippen molar-refractivity contribution in [3.8, 4) is 0 Å². The number of rotatable bonds is 3. The topological polar surface area (TPSA) is 28.9 Å². The number of likely N-dealkylation sites (tertiary alicyclic amines) is 1. The van der Waals surface area contributed by atoms with Crippen molar-refractivity contribution in [2.24, 2.45) is 0 Å². The van der Waals surface area contributed by atoms with E-state index in [2.05, 4.69) is 46.2 Å². The zero-order valence-corrected chi connectivity index (χ0v) is 16.3. The molecule has 2 aromatic rings. The molecule has 4 nitrogen and oxygen atoms in total. The van der Waals surface area contributed by atoms with Crippen LogP contribution in [0.3, 0.4) is 0 Å². The van der Waals surface area contributed by atoms with E-state index in [1.807, 2.05) is 6.92 Å². The number of hydrogen-bond donors (Lipinski definition) is 0. The summed E-state index contributed by atoms with van der Waals surface area (Å²) >= 11 is 0. The molecular formula is C23H30N2O2. The van der Waals surface area contributed by atoms with E-state index in [1.165, 1.54) is 31.4 Å². The van der Waals surface area contributed by atoms with Crippen LogP contribution in [0.2, 0.25) is 0 Å². The van der Waals surface area contributed by atoms with Crippen molar-refractivity contribution in [2.45, 2.75) is 50.7 Å². The summed E-state index contributed by atoms with van der Waals surface area (Å²) in [7, 11) is 0. The Kier molecular flexibility index (Phi) is 4.58. The molecule has 1 atom stereocenters. The molecule has 0 aliphatic carbocycles. The Hall–Kier alpha value is -1.62. The Balaban J connectivity index is 1.34. The predicted molar refractivity (Wildman–Crippen MR) is 106 cm³/mol. The van der Waals surface area contributed by atoms with Crippen LogP contribution < -0.4 is 0 Å². The quantitative estimate of drug-likeness (QED) is 0.828. The van der Waals surface area contributed by atoms with Gasteiger partial charge in [0.2, 0.25) is 0 Å². The average molecular weight is 367 g/mol. The highest BCUT2D eigenvalue weighted by atomic mass is 16.5. The predicted octanol–water partition coefficient (Wildman–Crippen LogP) is 3.73. The van der Waals surface area contributed by atoms with Crippen LogP contribution in [0.25, 0.3) is 0 Å². The number of piperidine rings is 1. The lowest BCUT2D eigenvalue weighted by Gasteiger charge is -2.50. The van der Waals surface area contributed by atoms with Gasteiger partial charge in [-0.1, -0.05) is 24.3 Å². The van der Waals surface area contributed by atoms with Crippen LogP contribution in [0.4, 0.5) is 0 Å². The summed E-state index contributed by atoms with van der Waals surface area (Å²) in [5.74, 6) is 2.10. The van der Waals surface area contributed by atoms with Gasteiger partial charge in [-0.15, -0.1) is 0 Å². The van der Waals surface area contributed by atoms with E-state index in [-0.39, 0.29) is 0 Å². The van der Waals surface area contributed by atoms with Crippen molar-refractivity contribution in [3.05, 3.63) is 59.0 Å². The number of fused-ring (bicyclic) bond motifs is 2. The number of ether oxygens (including phenoxy) is 1. The first-order valence-electron chi connectivity index (χ1n) is 10.4. The Morgan fingerprint density at radius 3 is 2.70 bits per heavy atom. The lowest BCUT2D eigenvalue weighted by atomic mass is 9.68. The molecule has 1 spiro atoms. The second kappa shape index (κ2) is 7.08. The minimum absolute atomic E-state index is 0.299. The first-order chi connectivity index (χ1) is 13.2. The fourth-order valence-corrected chi connectivity index (χ4v) is 5.35. The Labute approximate surface area is 162 Å². The third kappa shape index (κ3) is 3.35. The SMILES string of the molecule is Cc1ccc(CN2CCC3(CC2)CN([C@H]2CCOC2)Cc2ccccc23)o1. The maximum atomic E-state index is 5.80. The molecule has 0 saturated carbocycles. The summed E-state index contributed by atoms with van der Waals surface area (Å²) in [6.45, 7) is 9.34. The number of aryl methyl sites for hydroxylation is 1. The standard InChI is InChI=1S/C23H30N2O2/c1-18-6-7-21(27-18)15-24-11-9-23(10-12-24)17-25(20-8-13-26-16-20)14-19-4-2-3-5-22(19)23/h2-7,20H,8-17H2,1H3/t20-/m0/s1. The Morgan fingerprint density at radius 2 is 1.96 bits per heavy atom. The highest BCUT2D eigenvalue weighted by Crippen LogP contribution is 2.43. The van der Waals surface area contributed by atoms with E-state index in [9.17, 15) is 0 Å². The summed E-state index contributed by atoms with van der Waals surface area (Å²) in [6.07, 6.45) is 3.64. The van der Waals surface area contributed by atoms with Crippen LogP contribution >= 0.6 is 0 Å². The largest absolute Gasteiger partial charge is 0.465 e. The summed E-state index contributed by atoms with van der Waals surface area (Å²) in [6, 6.07) is 14.0. The lowest BCUT2D eigenvalue weighted by molar-refractivity contribution is 0.0620. The zero-order valence-electron chi connectivity index (χ0n) is 16.3. The summed E-state index contributed by atoms with van der Waals surface area (Å²) in [4.78, 5) is 5.27. The minimum atomic E-state index is 0.299. The molecule has 5 rings (SSSR count). The van der Waals surface area contributed by atoms with Gasteiger partial charge in [0.1, 0.15) is 11.5 Å². The second-order valence-corrected chi connectivity index (χ2v) is 8.65. The van der Waals surface area contributed by atoms with Gasteiger partial charge in [-0.05, 0) is 62.5 Å². The van der Waals surface area contributed by atoms with Gasteiger partial charge in [-0.2, -0.15) is 0 Å². The summed E-state index contributed by atoms with van der Waals surface area (Å²) < 4.78 is 11.5. The molecule has 0 bridgehead atoms. The van der Waals surface area contributed by atoms with E-state index >= 15 is 0 Å². The van der Waals surface area contributed by atoms with E-state index in [0.29, 0.717) is 11.5 Å². The minimum Gasteiger partial charge on any atom is -0.465 e. The highest BCUT2D eigenvalue weighted by Gasteiger charge is 2.43. The molecule has 4 heterocycles. The highest BCUT2D eigenvalue weighted by molar-refractivity contribution is 5.38. The monoisotopic (exact) mass is 366 g/mol. The van der Waals surface area contributed by atoms with E-state index in [4.69, 9.17) is 9.15 Å². The number of benzene rings is 1. The van der Waals surface area contributed by atoms with Crippen molar-refractivity contribution < 1.29 is 9.15 Å². The normalized spacial score (nSPS) is 25.7. The first kappa shape index (κ1) is 17.5. The van der Waals surface area contributed by atoms with Crippen molar-refractivity contribution >= 4 is 0 Å². The number of furan rings is 1. The molecule has 2 saturated heterocycles. The summed E-state index contributed by atoms with van der Waals surface area (Å²) in [5, 5.41) is 0. The van der Waals surface area contributed by atoms with Gasteiger partial charge < -0.3 is 9.15 Å². The molecule has 0 unspecified atom stereocenters. The van der Waals surface area contributed by atoms with Gasteiger partial charge in [-0.25, -0.2) is 0 Å². The lowest BCUT2D eigenvalue weighted by Crippen LogP contribution is -2.54. The molecule has 2 fully saturated rings. The Morgan fingerprint density at radius 1 is 1.11 bits per heavy atom. The van der Waals surface area contributed by atoms with Gasteiger partial charge in [0, 0.05) is 31.2 Å². The molecule has 0 amide bonds. The fraction of sp³-hybridized carbons (Fsp3) is 0.565. The van der Waals surface area contributed by atoms with Crippen molar-refractivity contribution in [2.75, 3.05) is 32.8 Å². The van der Waals surface area contributed by atoms with Crippen LogP contribution in [-0.2, 0) is 23.2 Å². The van der Waals surface area contributed by atoms with Gasteiger partial charge in [0.15, 0.2) is 0 Å². The van der Waals surface area contributed by atoms with Crippen LogP contribution in [0.5, 0.6) is 0 Å². The van der Waals surface area contributed by atoms with Crippen LogP contribution in [0.15, 0.2) is 40.8 Å². The average Bonchev–Trinajstić information content (AvgIpc) is 3.36. The van der Waals surface area contributed by atoms with Crippen LogP contribution in [-0.4, -0.2) is 48.7 Å². The van der Waals surface area contributed by atoms with Gasteiger partial charge >= 0.3 is 0 Å². The van der Waals surface area contributed by atoms with E-state index in [0.717, 1.165) is 50.9 Å². The maximum Gasteiger partial charge on any atom is 0.118 e. The third-order valence-corrected chi connectivity index (χ3v) is 6.88. The molecule has 0 radical (unpaired) electrons. The number of hydrogen-bond acceptors (Lipinski definition) is 4. The molecule has 27 heavy (non-hydrogen) atoms. The molecule has 4 heteroatoms. The van der Waals surface area contributed by atoms with Crippen molar-refractivity contribution in [3.63, 3.8) is 0 Å². The smallest absolute Gasteiger partial charge is 0.118 e. The molecule has 0 N–H and O–H groups in total. The van der Waals surface area contributed by atoms with Gasteiger partial charge in [0.05, 0.1) is 13.2 Å². The first-order valence-corrected chi connectivity index (χ1v) is 10.4. The third-order valence-electron chi connectivity index (χ3n) is 6.88. The van der Waals surface area contributed by atoms with Crippen LogP contribution in [0, 0.1) is 6.92 Å². The van der Waals surface area contributed by atoms with Crippen LogP contribution in [0.1, 0.15) is 41.9 Å². The molecule has 144 valence electrons. The van der Waals surface area contributed by atoms with Gasteiger partial charge in [0.25, 0.3) is 0 Å². The van der Waals surface area contributed by atoms with E-state index in [1.54, 1.807) is 5.56 Å². The molecular weight excluding hydrogens is 336 g/mol. The van der Waals surface area contributed by atoms with E-state index < -0.39 is 0 Å². The van der Waals surface area contributed by atoms with Crippen molar-refractivity contribution in [1.29, 1.82) is 0 Å². The molecule has 3 aliphatic rings. The maximum absolute atomic E-state index is 5.80. The Bertz CT molecular complexity index is 785. The second-order valence-electron chi connectivity index (χ2n) is 8.65.